The first-order valence-electron chi connectivity index (χ1n) is 5.84. The SMILES string of the molecule is CCCC(CC)(C(=O)OCC)C(=O)OC(C)=O. The van der Waals surface area contributed by atoms with Crippen molar-refractivity contribution in [3.63, 3.8) is 0 Å². The average molecular weight is 244 g/mol. The Bertz CT molecular complexity index is 297. The Labute approximate surface area is 101 Å². The molecule has 0 amide bonds. The monoisotopic (exact) mass is 244 g/mol. The van der Waals surface area contributed by atoms with Gasteiger partial charge in [-0.15, -0.1) is 0 Å². The van der Waals surface area contributed by atoms with E-state index in [0.29, 0.717) is 12.8 Å². The van der Waals surface area contributed by atoms with Crippen LogP contribution in [0.15, 0.2) is 0 Å². The van der Waals surface area contributed by atoms with Gasteiger partial charge in [0.05, 0.1) is 6.61 Å². The first kappa shape index (κ1) is 15.6. The molecule has 1 unspecified atom stereocenters. The van der Waals surface area contributed by atoms with Gasteiger partial charge in [-0.25, -0.2) is 0 Å². The van der Waals surface area contributed by atoms with E-state index >= 15 is 0 Å². The van der Waals surface area contributed by atoms with Crippen LogP contribution in [-0.4, -0.2) is 24.5 Å². The predicted molar refractivity (Wildman–Crippen MR) is 61.0 cm³/mol. The van der Waals surface area contributed by atoms with Gasteiger partial charge in [0.1, 0.15) is 0 Å². The fraction of sp³-hybridized carbons (Fsp3) is 0.750. The lowest BCUT2D eigenvalue weighted by Gasteiger charge is -2.26. The van der Waals surface area contributed by atoms with Crippen LogP contribution in [0.25, 0.3) is 0 Å². The molecule has 0 rings (SSSR count). The van der Waals surface area contributed by atoms with Crippen LogP contribution in [0.5, 0.6) is 0 Å². The molecule has 0 aliphatic heterocycles. The van der Waals surface area contributed by atoms with E-state index in [1.807, 2.05) is 6.92 Å². The van der Waals surface area contributed by atoms with Crippen LogP contribution >= 0.6 is 0 Å². The highest BCUT2D eigenvalue weighted by Gasteiger charge is 2.47. The summed E-state index contributed by atoms with van der Waals surface area (Å²) in [6, 6.07) is 0. The molecule has 0 saturated heterocycles. The maximum atomic E-state index is 11.9. The summed E-state index contributed by atoms with van der Waals surface area (Å²) in [6.07, 6.45) is 1.19. The maximum Gasteiger partial charge on any atom is 0.331 e. The van der Waals surface area contributed by atoms with E-state index in [1.165, 1.54) is 0 Å². The highest BCUT2D eigenvalue weighted by molar-refractivity contribution is 6.03. The van der Waals surface area contributed by atoms with Gasteiger partial charge in [-0.2, -0.15) is 0 Å². The number of esters is 3. The Morgan fingerprint density at radius 3 is 2.00 bits per heavy atom. The topological polar surface area (TPSA) is 69.7 Å². The molecule has 0 aromatic rings. The van der Waals surface area contributed by atoms with Crippen LogP contribution in [0.4, 0.5) is 0 Å². The van der Waals surface area contributed by atoms with Gasteiger partial charge in [0, 0.05) is 6.92 Å². The third-order valence-corrected chi connectivity index (χ3v) is 2.57. The quantitative estimate of drug-likeness (QED) is 0.526. The molecule has 98 valence electrons. The van der Waals surface area contributed by atoms with Gasteiger partial charge < -0.3 is 9.47 Å². The zero-order chi connectivity index (χ0) is 13.5. The molecule has 0 saturated carbocycles. The summed E-state index contributed by atoms with van der Waals surface area (Å²) in [5, 5.41) is 0. The molecule has 1 atom stereocenters. The first-order chi connectivity index (χ1) is 7.94. The first-order valence-corrected chi connectivity index (χ1v) is 5.84. The van der Waals surface area contributed by atoms with Crippen molar-refractivity contribution in [3.8, 4) is 0 Å². The molecule has 0 bridgehead atoms. The second kappa shape index (κ2) is 7.04. The molecule has 0 heterocycles. The number of hydrogen-bond acceptors (Lipinski definition) is 5. The lowest BCUT2D eigenvalue weighted by atomic mass is 9.81. The Balaban J connectivity index is 5.11. The van der Waals surface area contributed by atoms with Crippen molar-refractivity contribution in [2.45, 2.75) is 47.0 Å². The largest absolute Gasteiger partial charge is 0.465 e. The molecule has 17 heavy (non-hydrogen) atoms. The summed E-state index contributed by atoms with van der Waals surface area (Å²) in [7, 11) is 0. The van der Waals surface area contributed by atoms with E-state index < -0.39 is 23.3 Å². The van der Waals surface area contributed by atoms with Crippen LogP contribution in [0, 0.1) is 5.41 Å². The third kappa shape index (κ3) is 3.84. The fourth-order valence-corrected chi connectivity index (χ4v) is 1.68. The summed E-state index contributed by atoms with van der Waals surface area (Å²) in [6.45, 7) is 6.55. The molecule has 0 aromatic heterocycles. The minimum atomic E-state index is -1.35. The van der Waals surface area contributed by atoms with E-state index in [2.05, 4.69) is 4.74 Å². The second-order valence-electron chi connectivity index (χ2n) is 3.79. The molecule has 0 aromatic carbocycles. The van der Waals surface area contributed by atoms with Gasteiger partial charge >= 0.3 is 17.9 Å². The molecule has 0 radical (unpaired) electrons. The van der Waals surface area contributed by atoms with Crippen molar-refractivity contribution in [3.05, 3.63) is 0 Å². The standard InChI is InChI=1S/C12H20O5/c1-5-8-12(6-2,10(14)16-7-3)11(15)17-9(4)13/h5-8H2,1-4H3. The van der Waals surface area contributed by atoms with Crippen molar-refractivity contribution in [1.82, 2.24) is 0 Å². The number of carbonyl (C=O) groups is 3. The second-order valence-corrected chi connectivity index (χ2v) is 3.79. The minimum absolute atomic E-state index is 0.192. The molecule has 0 aliphatic rings. The Morgan fingerprint density at radius 1 is 1.06 bits per heavy atom. The Hall–Kier alpha value is -1.39. The number of ether oxygens (including phenoxy) is 2. The normalized spacial score (nSPS) is 13.6. The highest BCUT2D eigenvalue weighted by atomic mass is 16.6. The molecular formula is C12H20O5. The van der Waals surface area contributed by atoms with Crippen molar-refractivity contribution >= 4 is 17.9 Å². The molecular weight excluding hydrogens is 224 g/mol. The number of hydrogen-bond donors (Lipinski definition) is 0. The summed E-state index contributed by atoms with van der Waals surface area (Å²) in [5.74, 6) is -2.14. The third-order valence-electron chi connectivity index (χ3n) is 2.57. The highest BCUT2D eigenvalue weighted by Crippen LogP contribution is 2.31. The average Bonchev–Trinajstić information content (AvgIpc) is 2.25. The summed E-state index contributed by atoms with van der Waals surface area (Å²) in [5.41, 5.74) is -1.35. The van der Waals surface area contributed by atoms with Crippen LogP contribution < -0.4 is 0 Å². The van der Waals surface area contributed by atoms with Gasteiger partial charge in [0.2, 0.25) is 0 Å². The molecule has 5 nitrogen and oxygen atoms in total. The van der Waals surface area contributed by atoms with E-state index in [0.717, 1.165) is 6.92 Å². The zero-order valence-corrected chi connectivity index (χ0v) is 10.9. The number of rotatable bonds is 6. The van der Waals surface area contributed by atoms with E-state index in [4.69, 9.17) is 4.74 Å². The van der Waals surface area contributed by atoms with E-state index in [9.17, 15) is 14.4 Å². The fourth-order valence-electron chi connectivity index (χ4n) is 1.68. The lowest BCUT2D eigenvalue weighted by molar-refractivity contribution is -0.176. The van der Waals surface area contributed by atoms with Gasteiger partial charge in [0.15, 0.2) is 5.41 Å². The molecule has 0 fully saturated rings. The minimum Gasteiger partial charge on any atom is -0.465 e. The molecule has 0 N–H and O–H groups in total. The zero-order valence-electron chi connectivity index (χ0n) is 10.9. The van der Waals surface area contributed by atoms with Gasteiger partial charge in [-0.1, -0.05) is 20.3 Å². The van der Waals surface area contributed by atoms with Gasteiger partial charge in [-0.3, -0.25) is 14.4 Å². The van der Waals surface area contributed by atoms with Gasteiger partial charge in [-0.05, 0) is 19.8 Å². The molecule has 5 heteroatoms. The Morgan fingerprint density at radius 2 is 1.65 bits per heavy atom. The lowest BCUT2D eigenvalue weighted by Crippen LogP contribution is -2.42. The van der Waals surface area contributed by atoms with Crippen LogP contribution in [0.2, 0.25) is 0 Å². The van der Waals surface area contributed by atoms with Crippen molar-refractivity contribution in [2.24, 2.45) is 5.41 Å². The van der Waals surface area contributed by atoms with E-state index in [-0.39, 0.29) is 13.0 Å². The molecule has 0 spiro atoms. The predicted octanol–water partition coefficient (Wildman–Crippen LogP) is 1.84. The van der Waals surface area contributed by atoms with Crippen LogP contribution in [-0.2, 0) is 23.9 Å². The van der Waals surface area contributed by atoms with E-state index in [1.54, 1.807) is 13.8 Å². The van der Waals surface area contributed by atoms with Crippen LogP contribution in [0.1, 0.15) is 47.0 Å². The molecule has 0 aliphatic carbocycles. The van der Waals surface area contributed by atoms with Crippen molar-refractivity contribution in [1.29, 1.82) is 0 Å². The van der Waals surface area contributed by atoms with Crippen molar-refractivity contribution in [2.75, 3.05) is 6.61 Å². The summed E-state index contributed by atoms with van der Waals surface area (Å²) in [4.78, 5) is 34.6. The maximum absolute atomic E-state index is 11.9. The Kier molecular flexibility index (Phi) is 6.46. The van der Waals surface area contributed by atoms with Crippen molar-refractivity contribution < 1.29 is 23.9 Å². The summed E-state index contributed by atoms with van der Waals surface area (Å²) < 4.78 is 9.45. The van der Waals surface area contributed by atoms with Crippen LogP contribution in [0.3, 0.4) is 0 Å². The number of carbonyl (C=O) groups excluding carboxylic acids is 3. The summed E-state index contributed by atoms with van der Waals surface area (Å²) >= 11 is 0. The smallest absolute Gasteiger partial charge is 0.331 e. The van der Waals surface area contributed by atoms with Gasteiger partial charge in [0.25, 0.3) is 0 Å².